The smallest absolute Gasteiger partial charge is 0.410 e. The predicted octanol–water partition coefficient (Wildman–Crippen LogP) is 2.74. The van der Waals surface area contributed by atoms with Crippen molar-refractivity contribution < 1.29 is 24.2 Å². The molecule has 0 heterocycles. The van der Waals surface area contributed by atoms with Crippen LogP contribution in [0.15, 0.2) is 30.3 Å². The zero-order valence-corrected chi connectivity index (χ0v) is 14.8. The summed E-state index contributed by atoms with van der Waals surface area (Å²) < 4.78 is 10.5. The number of esters is 1. The molecule has 0 fully saturated rings. The maximum absolute atomic E-state index is 12.2. The zero-order chi connectivity index (χ0) is 18.2. The molecule has 0 spiro atoms. The Labute approximate surface area is 143 Å². The normalized spacial score (nSPS) is 12.4. The van der Waals surface area contributed by atoms with E-state index < -0.39 is 23.8 Å². The van der Waals surface area contributed by atoms with Crippen molar-refractivity contribution in [2.75, 3.05) is 13.1 Å². The molecule has 1 N–H and O–H groups in total. The molecule has 1 rings (SSSR count). The number of nitrogens with zero attached hydrogens (tertiary/aromatic N) is 1. The molecule has 6 heteroatoms. The lowest BCUT2D eigenvalue weighted by atomic mass is 10.2. The third-order valence-corrected chi connectivity index (χ3v) is 2.95. The summed E-state index contributed by atoms with van der Waals surface area (Å²) >= 11 is 0. The fourth-order valence-corrected chi connectivity index (χ4v) is 2.01. The second-order valence-electron chi connectivity index (χ2n) is 6.67. The first-order chi connectivity index (χ1) is 11.2. The Morgan fingerprint density at radius 1 is 1.21 bits per heavy atom. The van der Waals surface area contributed by atoms with Crippen LogP contribution in [0, 0.1) is 0 Å². The lowest BCUT2D eigenvalue weighted by molar-refractivity contribution is -0.155. The number of hydrogen-bond donors (Lipinski definition) is 1. The molecule has 0 saturated carbocycles. The summed E-state index contributed by atoms with van der Waals surface area (Å²) in [4.78, 5) is 25.3. The van der Waals surface area contributed by atoms with Crippen LogP contribution in [0.5, 0.6) is 0 Å². The van der Waals surface area contributed by atoms with E-state index in [2.05, 4.69) is 0 Å². The van der Waals surface area contributed by atoms with E-state index in [-0.39, 0.29) is 26.1 Å². The molecule has 1 atom stereocenters. The van der Waals surface area contributed by atoms with E-state index >= 15 is 0 Å². The lowest BCUT2D eigenvalue weighted by Crippen LogP contribution is -2.39. The van der Waals surface area contributed by atoms with E-state index in [1.165, 1.54) is 4.90 Å². The van der Waals surface area contributed by atoms with Crippen molar-refractivity contribution in [3.05, 3.63) is 35.9 Å². The average molecular weight is 337 g/mol. The van der Waals surface area contributed by atoms with Gasteiger partial charge in [0.1, 0.15) is 12.2 Å². The summed E-state index contributed by atoms with van der Waals surface area (Å²) in [6, 6.07) is 9.31. The average Bonchev–Trinajstić information content (AvgIpc) is 2.48. The van der Waals surface area contributed by atoms with E-state index in [0.29, 0.717) is 0 Å². The Balaban J connectivity index is 2.54. The molecule has 0 aliphatic carbocycles. The van der Waals surface area contributed by atoms with Gasteiger partial charge in [-0.05, 0) is 33.3 Å². The number of rotatable bonds is 7. The van der Waals surface area contributed by atoms with Crippen LogP contribution in [-0.4, -0.2) is 46.9 Å². The maximum atomic E-state index is 12.2. The van der Waals surface area contributed by atoms with Crippen LogP contribution in [0.1, 0.15) is 39.7 Å². The molecule has 134 valence electrons. The summed E-state index contributed by atoms with van der Waals surface area (Å²) in [5, 5.41) is 9.54. The van der Waals surface area contributed by atoms with Gasteiger partial charge in [0.05, 0.1) is 12.5 Å². The van der Waals surface area contributed by atoms with Crippen molar-refractivity contribution in [3.8, 4) is 0 Å². The quantitative estimate of drug-likeness (QED) is 0.774. The third kappa shape index (κ3) is 8.53. The molecule has 1 amide bonds. The van der Waals surface area contributed by atoms with Crippen molar-refractivity contribution in [1.82, 2.24) is 4.90 Å². The van der Waals surface area contributed by atoms with E-state index in [1.54, 1.807) is 27.7 Å². The molecule has 0 saturated heterocycles. The maximum Gasteiger partial charge on any atom is 0.410 e. The molecule has 6 nitrogen and oxygen atoms in total. The number of benzene rings is 1. The number of aliphatic hydroxyl groups is 1. The minimum Gasteiger partial charge on any atom is -0.460 e. The van der Waals surface area contributed by atoms with Gasteiger partial charge in [0.15, 0.2) is 0 Å². The van der Waals surface area contributed by atoms with E-state index in [4.69, 9.17) is 9.47 Å². The summed E-state index contributed by atoms with van der Waals surface area (Å²) in [6.45, 7) is 7.29. The Bertz CT molecular complexity index is 522. The third-order valence-electron chi connectivity index (χ3n) is 2.95. The zero-order valence-electron chi connectivity index (χ0n) is 14.8. The Morgan fingerprint density at radius 3 is 2.38 bits per heavy atom. The molecule has 0 radical (unpaired) electrons. The number of hydrogen-bond acceptors (Lipinski definition) is 5. The SMILES string of the molecule is C[C@@H](O)CN(CCC(=O)OC(C)(C)C)C(=O)OCc1ccccc1. The number of carbonyl (C=O) groups is 2. The number of aliphatic hydroxyl groups excluding tert-OH is 1. The summed E-state index contributed by atoms with van der Waals surface area (Å²) in [5.41, 5.74) is 0.301. The molecule has 24 heavy (non-hydrogen) atoms. The van der Waals surface area contributed by atoms with Gasteiger partial charge in [-0.1, -0.05) is 30.3 Å². The molecule has 0 bridgehead atoms. The lowest BCUT2D eigenvalue weighted by Gasteiger charge is -2.24. The van der Waals surface area contributed by atoms with Crippen LogP contribution in [0.4, 0.5) is 4.79 Å². The second kappa shape index (κ2) is 9.27. The first-order valence-corrected chi connectivity index (χ1v) is 8.03. The second-order valence-corrected chi connectivity index (χ2v) is 6.67. The predicted molar refractivity (Wildman–Crippen MR) is 90.3 cm³/mol. The number of amides is 1. The molecular weight excluding hydrogens is 310 g/mol. The van der Waals surface area contributed by atoms with Crippen LogP contribution < -0.4 is 0 Å². The van der Waals surface area contributed by atoms with Crippen molar-refractivity contribution in [3.63, 3.8) is 0 Å². The largest absolute Gasteiger partial charge is 0.460 e. The van der Waals surface area contributed by atoms with Gasteiger partial charge < -0.3 is 19.5 Å². The van der Waals surface area contributed by atoms with Crippen LogP contribution in [0.25, 0.3) is 0 Å². The Hall–Kier alpha value is -2.08. The van der Waals surface area contributed by atoms with E-state index in [9.17, 15) is 14.7 Å². The van der Waals surface area contributed by atoms with Crippen molar-refractivity contribution >= 4 is 12.1 Å². The van der Waals surface area contributed by atoms with Gasteiger partial charge in [-0.15, -0.1) is 0 Å². The fourth-order valence-electron chi connectivity index (χ4n) is 2.01. The first-order valence-electron chi connectivity index (χ1n) is 8.03. The minimum absolute atomic E-state index is 0.0461. The highest BCUT2D eigenvalue weighted by Gasteiger charge is 2.21. The van der Waals surface area contributed by atoms with E-state index in [1.807, 2.05) is 30.3 Å². The fraction of sp³-hybridized carbons (Fsp3) is 0.556. The number of ether oxygens (including phenoxy) is 2. The van der Waals surface area contributed by atoms with Gasteiger partial charge in [0, 0.05) is 13.1 Å². The van der Waals surface area contributed by atoms with Gasteiger partial charge in [-0.25, -0.2) is 4.79 Å². The molecule has 0 aliphatic heterocycles. The Morgan fingerprint density at radius 2 is 1.83 bits per heavy atom. The number of carbonyl (C=O) groups excluding carboxylic acids is 2. The molecule has 0 aromatic heterocycles. The summed E-state index contributed by atoms with van der Waals surface area (Å²) in [7, 11) is 0. The minimum atomic E-state index is -0.715. The van der Waals surface area contributed by atoms with E-state index in [0.717, 1.165) is 5.56 Å². The van der Waals surface area contributed by atoms with Crippen molar-refractivity contribution in [2.45, 2.75) is 52.4 Å². The monoisotopic (exact) mass is 337 g/mol. The molecule has 0 unspecified atom stereocenters. The molecule has 1 aromatic carbocycles. The van der Waals surface area contributed by atoms with Crippen molar-refractivity contribution in [1.29, 1.82) is 0 Å². The highest BCUT2D eigenvalue weighted by Crippen LogP contribution is 2.10. The molecule has 0 aliphatic rings. The first kappa shape index (κ1) is 20.0. The highest BCUT2D eigenvalue weighted by atomic mass is 16.6. The highest BCUT2D eigenvalue weighted by molar-refractivity contribution is 5.72. The topological polar surface area (TPSA) is 76.1 Å². The standard InChI is InChI=1S/C18H27NO5/c1-14(20)12-19(11-10-16(21)24-18(2,3)4)17(22)23-13-15-8-6-5-7-9-15/h5-9,14,20H,10-13H2,1-4H3/t14-/m1/s1. The molecular formula is C18H27NO5. The Kier molecular flexibility index (Phi) is 7.71. The van der Waals surface area contributed by atoms with Gasteiger partial charge >= 0.3 is 12.1 Å². The van der Waals surface area contributed by atoms with Gasteiger partial charge in [0.2, 0.25) is 0 Å². The van der Waals surface area contributed by atoms with Gasteiger partial charge in [0.25, 0.3) is 0 Å². The van der Waals surface area contributed by atoms with Crippen LogP contribution >= 0.6 is 0 Å². The summed E-state index contributed by atoms with van der Waals surface area (Å²) in [6.07, 6.45) is -1.24. The van der Waals surface area contributed by atoms with Crippen LogP contribution in [-0.2, 0) is 20.9 Å². The van der Waals surface area contributed by atoms with Crippen LogP contribution in [0.3, 0.4) is 0 Å². The summed E-state index contributed by atoms with van der Waals surface area (Å²) in [5.74, 6) is -0.394. The van der Waals surface area contributed by atoms with Crippen molar-refractivity contribution in [2.24, 2.45) is 0 Å². The molecule has 1 aromatic rings. The van der Waals surface area contributed by atoms with Crippen LogP contribution in [0.2, 0.25) is 0 Å². The van der Waals surface area contributed by atoms with Gasteiger partial charge in [-0.2, -0.15) is 0 Å². The van der Waals surface area contributed by atoms with Gasteiger partial charge in [-0.3, -0.25) is 4.79 Å².